The van der Waals surface area contributed by atoms with Gasteiger partial charge in [0.2, 0.25) is 5.89 Å². The summed E-state index contributed by atoms with van der Waals surface area (Å²) in [5.74, 6) is 6.43. The summed E-state index contributed by atoms with van der Waals surface area (Å²) in [6, 6.07) is 12.6. The fourth-order valence-corrected chi connectivity index (χ4v) is 5.21. The lowest BCUT2D eigenvalue weighted by Crippen LogP contribution is -2.32. The van der Waals surface area contributed by atoms with Crippen molar-refractivity contribution in [2.75, 3.05) is 7.11 Å². The van der Waals surface area contributed by atoms with Crippen molar-refractivity contribution < 1.29 is 32.2 Å². The molecular weight excluding hydrogens is 497 g/mol. The molecular formula is C29H29F3N2O4. The summed E-state index contributed by atoms with van der Waals surface area (Å²) in [6.45, 7) is 0. The minimum Gasteiger partial charge on any atom is -0.493 e. The number of rotatable bonds is 5. The van der Waals surface area contributed by atoms with Gasteiger partial charge in [-0.25, -0.2) is 0 Å². The fourth-order valence-electron chi connectivity index (χ4n) is 5.21. The van der Waals surface area contributed by atoms with Crippen LogP contribution < -0.4 is 9.47 Å². The highest BCUT2D eigenvalue weighted by atomic mass is 19.4. The fraction of sp³-hybridized carbons (Fsp3) is 0.448. The predicted molar refractivity (Wildman–Crippen MR) is 134 cm³/mol. The lowest BCUT2D eigenvalue weighted by molar-refractivity contribution is -0.156. The molecule has 9 heteroatoms. The molecule has 38 heavy (non-hydrogen) atoms. The zero-order valence-electron chi connectivity index (χ0n) is 21.1. The van der Waals surface area contributed by atoms with Crippen LogP contribution in [0.3, 0.4) is 0 Å². The Morgan fingerprint density at radius 1 is 1.00 bits per heavy atom. The zero-order chi connectivity index (χ0) is 26.8. The van der Waals surface area contributed by atoms with Crippen LogP contribution in [-0.4, -0.2) is 34.6 Å². The van der Waals surface area contributed by atoms with Crippen molar-refractivity contribution in [1.82, 2.24) is 10.2 Å². The predicted octanol–water partition coefficient (Wildman–Crippen LogP) is 6.31. The minimum absolute atomic E-state index is 0.166. The summed E-state index contributed by atoms with van der Waals surface area (Å²) in [5, 5.41) is 16.9. The molecule has 2 fully saturated rings. The second kappa shape index (κ2) is 10.7. The van der Waals surface area contributed by atoms with E-state index < -0.39 is 17.5 Å². The summed E-state index contributed by atoms with van der Waals surface area (Å²) >= 11 is 0. The Hall–Kier alpha value is -3.51. The first-order chi connectivity index (χ1) is 18.3. The molecule has 200 valence electrons. The van der Waals surface area contributed by atoms with E-state index >= 15 is 0 Å². The third kappa shape index (κ3) is 5.65. The molecule has 2 saturated carbocycles. The zero-order valence-corrected chi connectivity index (χ0v) is 21.1. The van der Waals surface area contributed by atoms with E-state index in [-0.39, 0.29) is 18.1 Å². The molecule has 0 spiro atoms. The van der Waals surface area contributed by atoms with Crippen LogP contribution in [0.5, 0.6) is 11.5 Å². The average molecular weight is 527 g/mol. The lowest BCUT2D eigenvalue weighted by Gasteiger charge is -2.35. The normalized spacial score (nSPS) is 22.1. The summed E-state index contributed by atoms with van der Waals surface area (Å²) in [6.07, 6.45) is 1.98. The molecule has 0 radical (unpaired) electrons. The molecule has 1 N–H and O–H groups in total. The van der Waals surface area contributed by atoms with Crippen molar-refractivity contribution in [1.29, 1.82) is 0 Å². The summed E-state index contributed by atoms with van der Waals surface area (Å²) < 4.78 is 55.4. The Labute approximate surface area is 219 Å². The van der Waals surface area contributed by atoms with Gasteiger partial charge in [0.1, 0.15) is 0 Å². The highest BCUT2D eigenvalue weighted by Gasteiger charge is 2.38. The number of hydrogen-bond acceptors (Lipinski definition) is 6. The Kier molecular flexibility index (Phi) is 7.35. The monoisotopic (exact) mass is 526 g/mol. The molecule has 0 aliphatic heterocycles. The number of ether oxygens (including phenoxy) is 2. The Bertz CT molecular complexity index is 1330. The van der Waals surface area contributed by atoms with Gasteiger partial charge in [-0.05, 0) is 87.3 Å². The molecule has 0 atom stereocenters. The minimum atomic E-state index is -4.71. The van der Waals surface area contributed by atoms with Gasteiger partial charge in [-0.15, -0.1) is 10.2 Å². The molecule has 0 amide bonds. The maximum absolute atomic E-state index is 12.9. The van der Waals surface area contributed by atoms with E-state index in [1.807, 2.05) is 18.2 Å². The molecule has 1 heterocycles. The van der Waals surface area contributed by atoms with Crippen LogP contribution in [0, 0.1) is 11.8 Å². The Balaban J connectivity index is 1.47. The molecule has 1 aromatic heterocycles. The molecule has 0 unspecified atom stereocenters. The van der Waals surface area contributed by atoms with Crippen molar-refractivity contribution in [3.8, 4) is 34.8 Å². The number of alkyl halides is 3. The van der Waals surface area contributed by atoms with Gasteiger partial charge in [0.15, 0.2) is 11.5 Å². The lowest BCUT2D eigenvalue weighted by atomic mass is 9.69. The standard InChI is InChI=1S/C29H29F3N2O4/c1-36-24-10-9-21(18-25(24)37-23-7-2-3-8-23)28(15-12-22(35)13-16-28)14-11-19-5-4-6-20(17-19)26-33-34-27(38-26)29(30,31)32/h4-6,9-10,17-18,22-23,35H,2-3,7-8,12-13,15-16H2,1H3/t22-,28-. The van der Waals surface area contributed by atoms with Crippen LogP contribution in [0.2, 0.25) is 0 Å². The van der Waals surface area contributed by atoms with Crippen molar-refractivity contribution in [3.63, 3.8) is 0 Å². The van der Waals surface area contributed by atoms with Crippen LogP contribution in [-0.2, 0) is 11.6 Å². The third-order valence-corrected chi connectivity index (χ3v) is 7.34. The highest BCUT2D eigenvalue weighted by molar-refractivity contribution is 5.57. The maximum Gasteiger partial charge on any atom is 0.470 e. The number of nitrogens with zero attached hydrogens (tertiary/aromatic N) is 2. The maximum atomic E-state index is 12.9. The van der Waals surface area contributed by atoms with Gasteiger partial charge in [-0.3, -0.25) is 0 Å². The van der Waals surface area contributed by atoms with Crippen molar-refractivity contribution >= 4 is 0 Å². The smallest absolute Gasteiger partial charge is 0.470 e. The molecule has 6 nitrogen and oxygen atoms in total. The SMILES string of the molecule is COc1ccc([C@]2(C#Cc3cccc(-c4nnc(C(F)(F)F)o4)c3)CC[C@@H](O)CC2)cc1OC1CCCC1. The first kappa shape index (κ1) is 26.1. The highest BCUT2D eigenvalue weighted by Crippen LogP contribution is 2.43. The Morgan fingerprint density at radius 3 is 2.45 bits per heavy atom. The number of methoxy groups -OCH3 is 1. The van der Waals surface area contributed by atoms with Crippen LogP contribution in [0.25, 0.3) is 11.5 Å². The van der Waals surface area contributed by atoms with Crippen LogP contribution >= 0.6 is 0 Å². The van der Waals surface area contributed by atoms with Gasteiger partial charge in [-0.2, -0.15) is 13.2 Å². The molecule has 0 bridgehead atoms. The van der Waals surface area contributed by atoms with Gasteiger partial charge in [0.05, 0.1) is 24.7 Å². The van der Waals surface area contributed by atoms with E-state index in [2.05, 4.69) is 22.0 Å². The second-order valence-corrected chi connectivity index (χ2v) is 9.94. The summed E-state index contributed by atoms with van der Waals surface area (Å²) in [4.78, 5) is 0. The molecule has 2 aromatic carbocycles. The number of aromatic nitrogens is 2. The van der Waals surface area contributed by atoms with Crippen LogP contribution in [0.4, 0.5) is 13.2 Å². The van der Waals surface area contributed by atoms with Crippen molar-refractivity contribution in [2.24, 2.45) is 0 Å². The van der Waals surface area contributed by atoms with Gasteiger partial charge in [0, 0.05) is 11.1 Å². The van der Waals surface area contributed by atoms with E-state index in [0.29, 0.717) is 48.3 Å². The van der Waals surface area contributed by atoms with Crippen molar-refractivity contribution in [2.45, 2.75) is 75.2 Å². The number of halogens is 3. The van der Waals surface area contributed by atoms with E-state index in [0.717, 1.165) is 31.2 Å². The quantitative estimate of drug-likeness (QED) is 0.393. The first-order valence-corrected chi connectivity index (χ1v) is 12.8. The number of benzene rings is 2. The first-order valence-electron chi connectivity index (χ1n) is 12.8. The van der Waals surface area contributed by atoms with E-state index in [4.69, 9.17) is 13.9 Å². The van der Waals surface area contributed by atoms with E-state index in [9.17, 15) is 18.3 Å². The van der Waals surface area contributed by atoms with Crippen molar-refractivity contribution in [3.05, 3.63) is 59.5 Å². The van der Waals surface area contributed by atoms with Gasteiger partial charge >= 0.3 is 12.1 Å². The third-order valence-electron chi connectivity index (χ3n) is 7.34. The summed E-state index contributed by atoms with van der Waals surface area (Å²) in [5.41, 5.74) is 1.43. The molecule has 3 aromatic rings. The second-order valence-electron chi connectivity index (χ2n) is 9.94. The largest absolute Gasteiger partial charge is 0.493 e. The molecule has 2 aliphatic rings. The number of hydrogen-bond donors (Lipinski definition) is 1. The topological polar surface area (TPSA) is 77.6 Å². The van der Waals surface area contributed by atoms with Gasteiger partial charge in [0.25, 0.3) is 0 Å². The molecule has 0 saturated heterocycles. The average Bonchev–Trinajstić information content (AvgIpc) is 3.62. The van der Waals surface area contributed by atoms with Crippen LogP contribution in [0.1, 0.15) is 68.4 Å². The molecule has 5 rings (SSSR count). The molecule has 2 aliphatic carbocycles. The van der Waals surface area contributed by atoms with E-state index in [1.54, 1.807) is 31.4 Å². The summed E-state index contributed by atoms with van der Waals surface area (Å²) in [7, 11) is 1.62. The van der Waals surface area contributed by atoms with Gasteiger partial charge < -0.3 is 19.0 Å². The number of aliphatic hydroxyl groups is 1. The number of aliphatic hydroxyl groups excluding tert-OH is 1. The van der Waals surface area contributed by atoms with Gasteiger partial charge in [-0.1, -0.05) is 24.0 Å². The Morgan fingerprint density at radius 2 is 1.76 bits per heavy atom. The van der Waals surface area contributed by atoms with Crippen LogP contribution in [0.15, 0.2) is 46.9 Å². The van der Waals surface area contributed by atoms with E-state index in [1.165, 1.54) is 0 Å².